The molecule has 0 bridgehead atoms. The molecule has 0 saturated carbocycles. The first-order chi connectivity index (χ1) is 11.0. The molecule has 1 aliphatic rings. The number of ether oxygens (including phenoxy) is 1. The van der Waals surface area contributed by atoms with Gasteiger partial charge in [-0.2, -0.15) is 0 Å². The average molecular weight is 309 g/mol. The van der Waals surface area contributed by atoms with E-state index in [1.807, 2.05) is 55.5 Å². The molecule has 23 heavy (non-hydrogen) atoms. The van der Waals surface area contributed by atoms with Gasteiger partial charge >= 0.3 is 5.97 Å². The number of nitrogens with zero attached hydrogens (tertiary/aromatic N) is 1. The fraction of sp³-hybridized carbons (Fsp3) is 0.263. The van der Waals surface area contributed by atoms with E-state index in [1.54, 1.807) is 18.0 Å². The second kappa shape index (κ2) is 5.54. The van der Waals surface area contributed by atoms with Crippen LogP contribution in [0.4, 0.5) is 0 Å². The van der Waals surface area contributed by atoms with E-state index in [4.69, 9.17) is 4.74 Å². The second-order valence-corrected chi connectivity index (χ2v) is 5.92. The first kappa shape index (κ1) is 15.3. The van der Waals surface area contributed by atoms with Gasteiger partial charge in [0.1, 0.15) is 5.92 Å². The van der Waals surface area contributed by atoms with Gasteiger partial charge in [0.2, 0.25) is 0 Å². The molecule has 0 unspecified atom stereocenters. The highest BCUT2D eigenvalue weighted by Gasteiger charge is 2.51. The Kier molecular flexibility index (Phi) is 3.68. The summed E-state index contributed by atoms with van der Waals surface area (Å²) >= 11 is 0. The normalized spacial score (nSPS) is 23.3. The Morgan fingerprint density at radius 3 is 2.35 bits per heavy atom. The Morgan fingerprint density at radius 1 is 1.09 bits per heavy atom. The van der Waals surface area contributed by atoms with Crippen LogP contribution in [0.15, 0.2) is 54.6 Å². The molecule has 1 amide bonds. The van der Waals surface area contributed by atoms with Crippen LogP contribution in [0.2, 0.25) is 0 Å². The number of benzene rings is 2. The van der Waals surface area contributed by atoms with Gasteiger partial charge in [-0.1, -0.05) is 48.5 Å². The molecule has 0 radical (unpaired) electrons. The molecule has 0 aliphatic carbocycles. The molecule has 1 heterocycles. The van der Waals surface area contributed by atoms with Crippen LogP contribution in [0.1, 0.15) is 34.3 Å². The fourth-order valence-electron chi connectivity index (χ4n) is 3.44. The number of rotatable bonds is 2. The Balaban J connectivity index is 2.29. The molecule has 2 aromatic rings. The van der Waals surface area contributed by atoms with E-state index in [9.17, 15) is 9.59 Å². The van der Waals surface area contributed by atoms with Crippen molar-refractivity contribution in [3.8, 4) is 0 Å². The quantitative estimate of drug-likeness (QED) is 0.801. The summed E-state index contributed by atoms with van der Waals surface area (Å²) in [6, 6.07) is 16.9. The summed E-state index contributed by atoms with van der Waals surface area (Å²) in [5.74, 6) is -1.01. The lowest BCUT2D eigenvalue weighted by Gasteiger charge is -2.47. The number of methoxy groups -OCH3 is 1. The molecule has 4 heteroatoms. The van der Waals surface area contributed by atoms with Crippen molar-refractivity contribution in [1.29, 1.82) is 0 Å². The fourth-order valence-corrected chi connectivity index (χ4v) is 3.44. The summed E-state index contributed by atoms with van der Waals surface area (Å²) in [4.78, 5) is 27.1. The van der Waals surface area contributed by atoms with Gasteiger partial charge in [-0.05, 0) is 24.1 Å². The average Bonchev–Trinajstić information content (AvgIpc) is 2.60. The van der Waals surface area contributed by atoms with E-state index in [1.165, 1.54) is 7.11 Å². The monoisotopic (exact) mass is 309 g/mol. The Bertz CT molecular complexity index is 756. The van der Waals surface area contributed by atoms with Crippen LogP contribution in [0.5, 0.6) is 0 Å². The third-order valence-corrected chi connectivity index (χ3v) is 4.86. The molecule has 0 N–H and O–H groups in total. The minimum atomic E-state index is -0.806. The smallest absolute Gasteiger partial charge is 0.315 e. The maximum absolute atomic E-state index is 12.8. The largest absolute Gasteiger partial charge is 0.468 e. The second-order valence-electron chi connectivity index (χ2n) is 5.92. The Morgan fingerprint density at radius 2 is 1.70 bits per heavy atom. The lowest BCUT2D eigenvalue weighted by molar-refractivity contribution is -0.146. The summed E-state index contributed by atoms with van der Waals surface area (Å²) in [5, 5.41) is 0. The van der Waals surface area contributed by atoms with Crippen LogP contribution in [0.25, 0.3) is 0 Å². The van der Waals surface area contributed by atoms with E-state index in [0.717, 1.165) is 5.56 Å². The van der Waals surface area contributed by atoms with Gasteiger partial charge < -0.3 is 9.64 Å². The van der Waals surface area contributed by atoms with Gasteiger partial charge in [0.05, 0.1) is 12.6 Å². The van der Waals surface area contributed by atoms with Crippen molar-refractivity contribution in [2.24, 2.45) is 0 Å². The van der Waals surface area contributed by atoms with E-state index in [2.05, 4.69) is 0 Å². The molecule has 118 valence electrons. The Hall–Kier alpha value is -2.62. The topological polar surface area (TPSA) is 46.6 Å². The van der Waals surface area contributed by atoms with E-state index >= 15 is 0 Å². The number of amides is 1. The van der Waals surface area contributed by atoms with Crippen LogP contribution < -0.4 is 0 Å². The van der Waals surface area contributed by atoms with Crippen molar-refractivity contribution in [3.63, 3.8) is 0 Å². The van der Waals surface area contributed by atoms with Crippen molar-refractivity contribution in [2.75, 3.05) is 14.2 Å². The van der Waals surface area contributed by atoms with Crippen LogP contribution in [0.3, 0.4) is 0 Å². The molecule has 2 aromatic carbocycles. The summed E-state index contributed by atoms with van der Waals surface area (Å²) in [5.41, 5.74) is 1.37. The molecule has 2 atom stereocenters. The number of carbonyl (C=O) groups is 2. The van der Waals surface area contributed by atoms with Crippen LogP contribution in [-0.4, -0.2) is 30.9 Å². The first-order valence-electron chi connectivity index (χ1n) is 7.52. The summed E-state index contributed by atoms with van der Waals surface area (Å²) < 4.78 is 5.07. The highest BCUT2D eigenvalue weighted by Crippen LogP contribution is 2.47. The Labute approximate surface area is 135 Å². The third-order valence-electron chi connectivity index (χ3n) is 4.86. The minimum absolute atomic E-state index is 0.0906. The number of hydrogen-bond donors (Lipinski definition) is 0. The molecule has 0 saturated heterocycles. The van der Waals surface area contributed by atoms with E-state index in [-0.39, 0.29) is 11.9 Å². The maximum Gasteiger partial charge on any atom is 0.315 e. The highest BCUT2D eigenvalue weighted by molar-refractivity contribution is 6.01. The number of likely N-dealkylation sites (N-methyl/N-ethyl adjacent to an activating group) is 1. The van der Waals surface area contributed by atoms with Gasteiger partial charge in [0.15, 0.2) is 0 Å². The van der Waals surface area contributed by atoms with Gasteiger partial charge in [-0.25, -0.2) is 0 Å². The van der Waals surface area contributed by atoms with Gasteiger partial charge in [-0.15, -0.1) is 0 Å². The van der Waals surface area contributed by atoms with Crippen molar-refractivity contribution >= 4 is 11.9 Å². The zero-order valence-corrected chi connectivity index (χ0v) is 13.4. The number of carbonyl (C=O) groups excluding carboxylic acids is 2. The lowest BCUT2D eigenvalue weighted by Crippen LogP contribution is -2.55. The zero-order valence-electron chi connectivity index (χ0n) is 13.4. The van der Waals surface area contributed by atoms with Crippen molar-refractivity contribution in [2.45, 2.75) is 18.4 Å². The van der Waals surface area contributed by atoms with Crippen molar-refractivity contribution in [1.82, 2.24) is 4.90 Å². The summed E-state index contributed by atoms with van der Waals surface area (Å²) in [6.07, 6.45) is 0. The summed E-state index contributed by atoms with van der Waals surface area (Å²) in [7, 11) is 3.12. The minimum Gasteiger partial charge on any atom is -0.468 e. The molecule has 3 rings (SSSR count). The maximum atomic E-state index is 12.8. The molecule has 4 nitrogen and oxygen atoms in total. The van der Waals surface area contributed by atoms with Crippen LogP contribution in [-0.2, 0) is 15.1 Å². The molecular weight excluding hydrogens is 290 g/mol. The predicted molar refractivity (Wildman–Crippen MR) is 87.1 cm³/mol. The first-order valence-corrected chi connectivity index (χ1v) is 7.52. The number of hydrogen-bond acceptors (Lipinski definition) is 3. The standard InChI is InChI=1S/C19H19NO3/c1-19(13-9-5-4-6-10-13)16(18(22)23-3)14-11-7-8-12-15(14)17(21)20(19)2/h4-12,16H,1-3H3/t16-,19-/m1/s1. The number of esters is 1. The predicted octanol–water partition coefficient (Wildman–Crippen LogP) is 2.94. The van der Waals surface area contributed by atoms with E-state index < -0.39 is 11.5 Å². The van der Waals surface area contributed by atoms with Crippen molar-refractivity contribution in [3.05, 3.63) is 71.3 Å². The lowest BCUT2D eigenvalue weighted by atomic mass is 9.70. The molecule has 1 aliphatic heterocycles. The molecule has 0 aromatic heterocycles. The van der Waals surface area contributed by atoms with Crippen LogP contribution in [0, 0.1) is 0 Å². The molecule has 0 fully saturated rings. The SMILES string of the molecule is COC(=O)[C@H]1c2ccccc2C(=O)N(C)[C@]1(C)c1ccccc1. The van der Waals surface area contributed by atoms with Crippen LogP contribution >= 0.6 is 0 Å². The third kappa shape index (κ3) is 2.13. The van der Waals surface area contributed by atoms with Crippen molar-refractivity contribution < 1.29 is 14.3 Å². The van der Waals surface area contributed by atoms with E-state index in [0.29, 0.717) is 11.1 Å². The molecular formula is C19H19NO3. The van der Waals surface area contributed by atoms with Gasteiger partial charge in [0, 0.05) is 12.6 Å². The highest BCUT2D eigenvalue weighted by atomic mass is 16.5. The zero-order chi connectivity index (χ0) is 16.6. The summed E-state index contributed by atoms with van der Waals surface area (Å²) in [6.45, 7) is 1.91. The number of fused-ring (bicyclic) bond motifs is 1. The van der Waals surface area contributed by atoms with Gasteiger partial charge in [-0.3, -0.25) is 9.59 Å². The van der Waals surface area contributed by atoms with Gasteiger partial charge in [0.25, 0.3) is 5.91 Å². The molecule has 0 spiro atoms.